The Kier molecular flexibility index (Phi) is 6.57. The van der Waals surface area contributed by atoms with Crippen LogP contribution >= 0.6 is 0 Å². The summed E-state index contributed by atoms with van der Waals surface area (Å²) in [5, 5.41) is 26.6. The highest BCUT2D eigenvalue weighted by molar-refractivity contribution is 6.09. The van der Waals surface area contributed by atoms with Crippen LogP contribution in [0.3, 0.4) is 0 Å². The van der Waals surface area contributed by atoms with E-state index < -0.39 is 52.1 Å². The number of nitrogens with one attached hydrogen (secondary N) is 2. The standard InChI is InChI=1S/C24H23N3O10/c1-35-13-8-14(16(22(30)37-3)15(9-13)36-2)19-17-18(21(29)25-20(17)28)24(26-19,23(31)32)10-11-4-6-12(7-5-11)27(33)34/h4-9,17-19,26H,10H2,1-3H3,(H,31,32)(H,25,28,29). The summed E-state index contributed by atoms with van der Waals surface area (Å²) in [6.45, 7) is 0. The Hall–Kier alpha value is -4.52. The fraction of sp³-hybridized carbons (Fsp3) is 0.333. The molecule has 2 saturated heterocycles. The molecule has 4 unspecified atom stereocenters. The van der Waals surface area contributed by atoms with E-state index in [1.165, 1.54) is 50.6 Å². The number of aliphatic carboxylic acids is 1. The number of fused-ring (bicyclic) bond motifs is 1. The van der Waals surface area contributed by atoms with Gasteiger partial charge in [-0.25, -0.2) is 4.79 Å². The Labute approximate surface area is 209 Å². The molecule has 0 saturated carbocycles. The molecule has 194 valence electrons. The quantitative estimate of drug-likeness (QED) is 0.198. The number of imide groups is 1. The van der Waals surface area contributed by atoms with Crippen molar-refractivity contribution in [2.75, 3.05) is 21.3 Å². The smallest absolute Gasteiger partial charge is 0.341 e. The maximum Gasteiger partial charge on any atom is 0.341 e. The van der Waals surface area contributed by atoms with Gasteiger partial charge in [0, 0.05) is 30.7 Å². The summed E-state index contributed by atoms with van der Waals surface area (Å²) in [5.74, 6) is -5.97. The van der Waals surface area contributed by atoms with Crippen molar-refractivity contribution < 1.29 is 43.4 Å². The van der Waals surface area contributed by atoms with E-state index in [0.717, 1.165) is 7.11 Å². The van der Waals surface area contributed by atoms with Crippen LogP contribution in [0.1, 0.15) is 27.5 Å². The predicted octanol–water partition coefficient (Wildman–Crippen LogP) is 0.998. The lowest BCUT2D eigenvalue weighted by Crippen LogP contribution is -2.57. The molecule has 2 aromatic carbocycles. The SMILES string of the molecule is COC(=O)c1c(OC)cc(OC)cc1C1NC(Cc2ccc([N+](=O)[O-])cc2)(C(=O)O)C2C(=O)NC(=O)C12. The lowest BCUT2D eigenvalue weighted by molar-refractivity contribution is -0.384. The Morgan fingerprint density at radius 1 is 1.08 bits per heavy atom. The van der Waals surface area contributed by atoms with Crippen LogP contribution in [0.25, 0.3) is 0 Å². The normalized spacial score (nSPS) is 24.2. The van der Waals surface area contributed by atoms with Crippen molar-refractivity contribution in [2.45, 2.75) is 18.0 Å². The van der Waals surface area contributed by atoms with E-state index in [9.17, 15) is 34.4 Å². The third kappa shape index (κ3) is 4.12. The van der Waals surface area contributed by atoms with Crippen LogP contribution in [-0.4, -0.2) is 60.7 Å². The van der Waals surface area contributed by atoms with Crippen LogP contribution in [0.5, 0.6) is 11.5 Å². The number of hydrogen-bond donors (Lipinski definition) is 3. The minimum absolute atomic E-state index is 0.0625. The number of nitrogens with zero attached hydrogens (tertiary/aromatic N) is 1. The van der Waals surface area contributed by atoms with Gasteiger partial charge in [0.25, 0.3) is 5.69 Å². The maximum atomic E-state index is 13.0. The summed E-state index contributed by atoms with van der Waals surface area (Å²) >= 11 is 0. The summed E-state index contributed by atoms with van der Waals surface area (Å²) in [6.07, 6.45) is -0.284. The van der Waals surface area contributed by atoms with Crippen molar-refractivity contribution >= 4 is 29.4 Å². The van der Waals surface area contributed by atoms with E-state index in [1.807, 2.05) is 0 Å². The number of benzene rings is 2. The molecule has 2 aromatic rings. The zero-order valence-corrected chi connectivity index (χ0v) is 20.0. The van der Waals surface area contributed by atoms with E-state index in [-0.39, 0.29) is 34.7 Å². The van der Waals surface area contributed by atoms with Gasteiger partial charge in [0.15, 0.2) is 0 Å². The number of carboxylic acids is 1. The van der Waals surface area contributed by atoms with E-state index in [0.29, 0.717) is 5.56 Å². The molecule has 2 heterocycles. The molecule has 2 amide bonds. The van der Waals surface area contributed by atoms with Crippen LogP contribution in [-0.2, 0) is 25.5 Å². The molecule has 0 aliphatic carbocycles. The molecular formula is C24H23N3O10. The topological polar surface area (TPSA) is 183 Å². The van der Waals surface area contributed by atoms with E-state index >= 15 is 0 Å². The second kappa shape index (κ2) is 9.50. The Bertz CT molecular complexity index is 1310. The van der Waals surface area contributed by atoms with Crippen molar-refractivity contribution in [3.63, 3.8) is 0 Å². The fourth-order valence-electron chi connectivity index (χ4n) is 5.14. The second-order valence-corrected chi connectivity index (χ2v) is 8.64. The number of non-ortho nitro benzene ring substituents is 1. The number of carboxylic acid groups (broad SMARTS) is 1. The molecule has 0 aromatic heterocycles. The summed E-state index contributed by atoms with van der Waals surface area (Å²) in [7, 11) is 3.85. The summed E-state index contributed by atoms with van der Waals surface area (Å²) in [5.41, 5.74) is -1.72. The molecule has 13 heteroatoms. The predicted molar refractivity (Wildman–Crippen MR) is 124 cm³/mol. The monoisotopic (exact) mass is 513 g/mol. The number of carbonyl (C=O) groups excluding carboxylic acids is 3. The number of nitro groups is 1. The molecule has 4 atom stereocenters. The number of esters is 1. The average Bonchev–Trinajstić information content (AvgIpc) is 3.39. The largest absolute Gasteiger partial charge is 0.497 e. The number of ether oxygens (including phenoxy) is 3. The van der Waals surface area contributed by atoms with Crippen molar-refractivity contribution in [1.29, 1.82) is 0 Å². The molecule has 2 aliphatic heterocycles. The lowest BCUT2D eigenvalue weighted by Gasteiger charge is -2.30. The Balaban J connectivity index is 1.89. The van der Waals surface area contributed by atoms with Crippen molar-refractivity contribution in [1.82, 2.24) is 10.6 Å². The number of hydrogen-bond acceptors (Lipinski definition) is 10. The molecule has 2 fully saturated rings. The molecule has 4 rings (SSSR count). The van der Waals surface area contributed by atoms with Gasteiger partial charge in [-0.2, -0.15) is 0 Å². The second-order valence-electron chi connectivity index (χ2n) is 8.64. The Morgan fingerprint density at radius 2 is 1.76 bits per heavy atom. The lowest BCUT2D eigenvalue weighted by atomic mass is 9.76. The van der Waals surface area contributed by atoms with Gasteiger partial charge in [-0.15, -0.1) is 0 Å². The summed E-state index contributed by atoms with van der Waals surface area (Å²) in [6, 6.07) is 6.95. The van der Waals surface area contributed by atoms with Gasteiger partial charge < -0.3 is 19.3 Å². The minimum atomic E-state index is -1.99. The fourth-order valence-corrected chi connectivity index (χ4v) is 5.14. The molecule has 2 aliphatic rings. The number of amides is 2. The molecule has 0 radical (unpaired) electrons. The van der Waals surface area contributed by atoms with Gasteiger partial charge in [0.2, 0.25) is 11.8 Å². The highest BCUT2D eigenvalue weighted by Crippen LogP contribution is 2.49. The number of carbonyl (C=O) groups is 4. The van der Waals surface area contributed by atoms with Gasteiger partial charge in [-0.1, -0.05) is 12.1 Å². The third-order valence-electron chi connectivity index (χ3n) is 6.79. The molecule has 37 heavy (non-hydrogen) atoms. The van der Waals surface area contributed by atoms with Crippen molar-refractivity contribution in [2.24, 2.45) is 11.8 Å². The molecule has 13 nitrogen and oxygen atoms in total. The first-order chi connectivity index (χ1) is 17.6. The summed E-state index contributed by atoms with van der Waals surface area (Å²) < 4.78 is 15.6. The first-order valence-electron chi connectivity index (χ1n) is 11.0. The number of methoxy groups -OCH3 is 3. The molecule has 0 bridgehead atoms. The van der Waals surface area contributed by atoms with Gasteiger partial charge in [-0.3, -0.25) is 35.1 Å². The number of rotatable bonds is 8. The van der Waals surface area contributed by atoms with Crippen LogP contribution < -0.4 is 20.1 Å². The van der Waals surface area contributed by atoms with Crippen LogP contribution in [0, 0.1) is 22.0 Å². The maximum absolute atomic E-state index is 13.0. The molecule has 0 spiro atoms. The zero-order chi connectivity index (χ0) is 27.1. The molecular weight excluding hydrogens is 490 g/mol. The van der Waals surface area contributed by atoms with Gasteiger partial charge in [-0.05, 0) is 17.2 Å². The van der Waals surface area contributed by atoms with Crippen molar-refractivity contribution in [3.05, 3.63) is 63.2 Å². The minimum Gasteiger partial charge on any atom is -0.497 e. The average molecular weight is 513 g/mol. The first kappa shape index (κ1) is 25.6. The first-order valence-corrected chi connectivity index (χ1v) is 11.0. The highest BCUT2D eigenvalue weighted by Gasteiger charge is 2.66. The van der Waals surface area contributed by atoms with Gasteiger partial charge in [0.05, 0.1) is 38.1 Å². The van der Waals surface area contributed by atoms with Gasteiger partial charge >= 0.3 is 11.9 Å². The zero-order valence-electron chi connectivity index (χ0n) is 20.0. The van der Waals surface area contributed by atoms with Crippen molar-refractivity contribution in [3.8, 4) is 11.5 Å². The van der Waals surface area contributed by atoms with E-state index in [2.05, 4.69) is 10.6 Å². The third-order valence-corrected chi connectivity index (χ3v) is 6.79. The van der Waals surface area contributed by atoms with Crippen LogP contribution in [0.2, 0.25) is 0 Å². The Morgan fingerprint density at radius 3 is 2.30 bits per heavy atom. The van der Waals surface area contributed by atoms with Crippen LogP contribution in [0.15, 0.2) is 36.4 Å². The van der Waals surface area contributed by atoms with Gasteiger partial charge in [0.1, 0.15) is 22.6 Å². The summed E-state index contributed by atoms with van der Waals surface area (Å²) in [4.78, 5) is 61.9. The van der Waals surface area contributed by atoms with E-state index in [4.69, 9.17) is 14.2 Å². The van der Waals surface area contributed by atoms with E-state index in [1.54, 1.807) is 0 Å². The highest BCUT2D eigenvalue weighted by atomic mass is 16.6. The number of nitro benzene ring substituents is 1. The molecule has 3 N–H and O–H groups in total. The van der Waals surface area contributed by atoms with Crippen LogP contribution in [0.4, 0.5) is 5.69 Å².